The number of aliphatic hydroxyl groups is 2. The summed E-state index contributed by atoms with van der Waals surface area (Å²) in [6.07, 6.45) is -2.75. The maximum Gasteiger partial charge on any atom is 0.410 e. The minimum atomic E-state index is -1.44. The van der Waals surface area contributed by atoms with Gasteiger partial charge in [0.15, 0.2) is 23.8 Å². The van der Waals surface area contributed by atoms with E-state index in [2.05, 4.69) is 32.1 Å². The van der Waals surface area contributed by atoms with Gasteiger partial charge in [-0.15, -0.1) is 0 Å². The van der Waals surface area contributed by atoms with Crippen LogP contribution >= 0.6 is 0 Å². The first-order chi connectivity index (χ1) is 19.8. The number of aromatic nitrogens is 4. The van der Waals surface area contributed by atoms with Gasteiger partial charge in [-0.1, -0.05) is 36.3 Å². The van der Waals surface area contributed by atoms with Crippen molar-refractivity contribution in [1.82, 2.24) is 29.7 Å². The van der Waals surface area contributed by atoms with Crippen LogP contribution in [0.5, 0.6) is 0 Å². The Labute approximate surface area is 235 Å². The predicted octanol–water partition coefficient (Wildman–Crippen LogP) is -0.0570. The molecule has 0 bridgehead atoms. The van der Waals surface area contributed by atoms with Gasteiger partial charge in [0.05, 0.1) is 26.1 Å². The average Bonchev–Trinajstić information content (AvgIpc) is 3.60. The van der Waals surface area contributed by atoms with Crippen molar-refractivity contribution >= 4 is 29.0 Å². The number of nitrogen functional groups attached to an aromatic ring is 1. The summed E-state index contributed by atoms with van der Waals surface area (Å²) in [5.74, 6) is 5.15. The van der Waals surface area contributed by atoms with E-state index in [-0.39, 0.29) is 48.6 Å². The van der Waals surface area contributed by atoms with Gasteiger partial charge >= 0.3 is 6.09 Å². The monoisotopic (exact) mass is 565 g/mol. The molecule has 1 aliphatic heterocycles. The van der Waals surface area contributed by atoms with Crippen molar-refractivity contribution in [3.05, 3.63) is 48.0 Å². The summed E-state index contributed by atoms with van der Waals surface area (Å²) in [5, 5.41) is 23.8. The maximum atomic E-state index is 12.5. The number of aliphatic hydroxyl groups excluding tert-OH is 2. The van der Waals surface area contributed by atoms with Crippen molar-refractivity contribution in [2.45, 2.75) is 50.0 Å². The first kappa shape index (κ1) is 28.2. The van der Waals surface area contributed by atoms with Crippen LogP contribution in [0.1, 0.15) is 30.5 Å². The molecule has 4 atom stereocenters. The van der Waals surface area contributed by atoms with E-state index in [1.807, 2.05) is 30.3 Å². The molecule has 1 saturated carbocycles. The number of amides is 2. The van der Waals surface area contributed by atoms with E-state index < -0.39 is 36.5 Å². The number of hydrogen-bond acceptors (Lipinski definition) is 11. The number of carbonyl (C=O) groups excluding carboxylic acids is 2. The molecule has 2 fully saturated rings. The highest BCUT2D eigenvalue weighted by molar-refractivity contribution is 5.83. The van der Waals surface area contributed by atoms with Gasteiger partial charge in [0.25, 0.3) is 5.91 Å². The lowest BCUT2D eigenvalue weighted by Gasteiger charge is -2.16. The van der Waals surface area contributed by atoms with Crippen molar-refractivity contribution in [3.63, 3.8) is 0 Å². The summed E-state index contributed by atoms with van der Waals surface area (Å²) in [4.78, 5) is 38.7. The van der Waals surface area contributed by atoms with Crippen LogP contribution in [0.4, 0.5) is 10.6 Å². The molecular formula is C27H31N7O7. The molecule has 1 saturated heterocycles. The van der Waals surface area contributed by atoms with Gasteiger partial charge in [-0.3, -0.25) is 9.36 Å². The number of benzene rings is 1. The molecule has 2 amide bonds. The van der Waals surface area contributed by atoms with E-state index in [1.54, 1.807) is 0 Å². The van der Waals surface area contributed by atoms with Crippen LogP contribution in [0.3, 0.4) is 0 Å². The number of rotatable bonds is 9. The van der Waals surface area contributed by atoms with E-state index in [9.17, 15) is 19.8 Å². The maximum absolute atomic E-state index is 12.5. The summed E-state index contributed by atoms with van der Waals surface area (Å²) in [6.45, 7) is 0.799. The Bertz CT molecular complexity index is 1450. The highest BCUT2D eigenvalue weighted by atomic mass is 16.6. The van der Waals surface area contributed by atoms with Gasteiger partial charge < -0.3 is 40.4 Å². The molecular weight excluding hydrogens is 534 g/mol. The molecule has 5 N–H and O–H groups in total. The first-order valence-corrected chi connectivity index (χ1v) is 13.1. The molecule has 0 radical (unpaired) electrons. The zero-order valence-electron chi connectivity index (χ0n) is 22.3. The molecule has 216 valence electrons. The summed E-state index contributed by atoms with van der Waals surface area (Å²) in [5.41, 5.74) is 7.52. The third-order valence-corrected chi connectivity index (χ3v) is 6.54. The van der Waals surface area contributed by atoms with Crippen LogP contribution in [-0.2, 0) is 25.6 Å². The van der Waals surface area contributed by atoms with Gasteiger partial charge in [-0.05, 0) is 24.3 Å². The molecule has 3 heterocycles. The van der Waals surface area contributed by atoms with Crippen molar-refractivity contribution in [1.29, 1.82) is 0 Å². The highest BCUT2D eigenvalue weighted by Crippen LogP contribution is 2.33. The number of ether oxygens (including phenoxy) is 3. The largest absolute Gasteiger partial charge is 0.447 e. The van der Waals surface area contributed by atoms with Gasteiger partial charge in [0.2, 0.25) is 5.82 Å². The normalized spacial score (nSPS) is 21.7. The van der Waals surface area contributed by atoms with Crippen molar-refractivity contribution in [3.8, 4) is 11.8 Å². The zero-order chi connectivity index (χ0) is 28.9. The third kappa shape index (κ3) is 6.72. The van der Waals surface area contributed by atoms with Crippen molar-refractivity contribution in [2.24, 2.45) is 0 Å². The van der Waals surface area contributed by atoms with E-state index in [0.717, 1.165) is 18.4 Å². The van der Waals surface area contributed by atoms with Crippen LogP contribution in [0.15, 0.2) is 36.7 Å². The molecule has 2 aromatic heterocycles. The lowest BCUT2D eigenvalue weighted by molar-refractivity contribution is -0.137. The SMILES string of the molecule is CN(CC#Cc1nc(N)c2ncn([C@@H]3O[C@H](C(=O)NC4CC4)[C@@H](O)[C@H]3O)c2n1)C(=O)OCCOCc1ccccc1. The topological polar surface area (TPSA) is 187 Å². The van der Waals surface area contributed by atoms with Crippen molar-refractivity contribution in [2.75, 3.05) is 32.5 Å². The summed E-state index contributed by atoms with van der Waals surface area (Å²) in [6, 6.07) is 9.74. The number of hydrogen-bond donors (Lipinski definition) is 4. The first-order valence-electron chi connectivity index (χ1n) is 13.1. The molecule has 14 heteroatoms. The molecule has 5 rings (SSSR count). The lowest BCUT2D eigenvalue weighted by Crippen LogP contribution is -2.43. The van der Waals surface area contributed by atoms with Gasteiger partial charge in [0.1, 0.15) is 24.3 Å². The number of carbonyl (C=O) groups is 2. The Kier molecular flexibility index (Phi) is 8.60. The molecule has 1 aromatic carbocycles. The lowest BCUT2D eigenvalue weighted by atomic mass is 10.1. The van der Waals surface area contributed by atoms with Crippen molar-refractivity contribution < 1.29 is 34.0 Å². The molecule has 2 aliphatic rings. The number of nitrogens with one attached hydrogen (secondary N) is 1. The van der Waals surface area contributed by atoms with E-state index in [0.29, 0.717) is 6.61 Å². The van der Waals surface area contributed by atoms with E-state index in [1.165, 1.54) is 22.8 Å². The summed E-state index contributed by atoms with van der Waals surface area (Å²) in [7, 11) is 1.54. The summed E-state index contributed by atoms with van der Waals surface area (Å²) < 4.78 is 17.8. The Hall–Kier alpha value is -4.29. The van der Waals surface area contributed by atoms with Gasteiger partial charge in [-0.25, -0.2) is 19.7 Å². The van der Waals surface area contributed by atoms with E-state index in [4.69, 9.17) is 19.9 Å². The van der Waals surface area contributed by atoms with E-state index >= 15 is 0 Å². The highest BCUT2D eigenvalue weighted by Gasteiger charge is 2.48. The number of anilines is 1. The predicted molar refractivity (Wildman–Crippen MR) is 144 cm³/mol. The molecule has 1 aliphatic carbocycles. The number of nitrogens with zero attached hydrogens (tertiary/aromatic N) is 5. The quantitative estimate of drug-likeness (QED) is 0.201. The fourth-order valence-electron chi connectivity index (χ4n) is 4.16. The summed E-state index contributed by atoms with van der Waals surface area (Å²) >= 11 is 0. The van der Waals surface area contributed by atoms with Gasteiger partial charge in [-0.2, -0.15) is 0 Å². The molecule has 41 heavy (non-hydrogen) atoms. The Morgan fingerprint density at radius 1 is 1.20 bits per heavy atom. The smallest absolute Gasteiger partial charge is 0.410 e. The molecule has 3 aromatic rings. The van der Waals surface area contributed by atoms with Crippen LogP contribution in [0, 0.1) is 11.8 Å². The second-order valence-electron chi connectivity index (χ2n) is 9.78. The third-order valence-electron chi connectivity index (χ3n) is 6.54. The molecule has 14 nitrogen and oxygen atoms in total. The Balaban J connectivity index is 1.17. The standard InChI is InChI=1S/C27H31N7O7/c1-33(27(38)40-13-12-39-14-16-6-3-2-4-7-16)11-5-8-18-31-23(28)19-24(32-18)34(15-29-19)26-21(36)20(35)22(41-26)25(37)30-17-9-10-17/h2-4,6-7,15,17,20-22,26,35-36H,9-14H2,1H3,(H,30,37)(H2,28,31,32)/t20-,21+,22-,26+/m0/s1. The minimum absolute atomic E-state index is 0.0265. The van der Waals surface area contributed by atoms with Crippen LogP contribution < -0.4 is 11.1 Å². The minimum Gasteiger partial charge on any atom is -0.447 e. The molecule has 0 unspecified atom stereocenters. The fourth-order valence-corrected chi connectivity index (χ4v) is 4.16. The van der Waals surface area contributed by atoms with Crippen LogP contribution in [0.2, 0.25) is 0 Å². The Morgan fingerprint density at radius 3 is 2.73 bits per heavy atom. The Morgan fingerprint density at radius 2 is 1.98 bits per heavy atom. The second-order valence-corrected chi connectivity index (χ2v) is 9.78. The average molecular weight is 566 g/mol. The zero-order valence-corrected chi connectivity index (χ0v) is 22.3. The van der Waals surface area contributed by atoms with Crippen LogP contribution in [-0.4, -0.2) is 97.8 Å². The molecule has 0 spiro atoms. The number of imidazole rings is 1. The number of fused-ring (bicyclic) bond motifs is 1. The van der Waals surface area contributed by atoms with Gasteiger partial charge in [0, 0.05) is 13.1 Å². The number of nitrogens with two attached hydrogens (primary N) is 1. The second kappa shape index (κ2) is 12.5. The fraction of sp³-hybridized carbons (Fsp3) is 0.444. The van der Waals surface area contributed by atoms with Crippen LogP contribution in [0.25, 0.3) is 11.2 Å².